The van der Waals surface area contributed by atoms with Crippen LogP contribution in [0.4, 0.5) is 0 Å². The molecule has 2 rings (SSSR count). The number of hydrogen-bond donors (Lipinski definition) is 1. The summed E-state index contributed by atoms with van der Waals surface area (Å²) >= 11 is 0. The summed E-state index contributed by atoms with van der Waals surface area (Å²) in [6, 6.07) is 0. The molecule has 5 heteroatoms. The molecule has 0 bridgehead atoms. The van der Waals surface area contributed by atoms with Gasteiger partial charge >= 0.3 is 0 Å². The molecule has 0 aromatic heterocycles. The summed E-state index contributed by atoms with van der Waals surface area (Å²) in [7, 11) is -2.77. The molecular formula is C12H28N2O2S. The Hall–Kier alpha value is -0.130. The van der Waals surface area contributed by atoms with Crippen molar-refractivity contribution in [2.75, 3.05) is 44.7 Å². The van der Waals surface area contributed by atoms with Crippen LogP contribution in [0.25, 0.3) is 0 Å². The van der Waals surface area contributed by atoms with E-state index < -0.39 is 9.84 Å². The average molecular weight is 264 g/mol. The van der Waals surface area contributed by atoms with E-state index in [0.29, 0.717) is 5.75 Å². The molecule has 17 heavy (non-hydrogen) atoms. The van der Waals surface area contributed by atoms with Gasteiger partial charge in [0.15, 0.2) is 0 Å². The lowest BCUT2D eigenvalue weighted by molar-refractivity contribution is 0.314. The first-order valence-corrected chi connectivity index (χ1v) is 8.71. The van der Waals surface area contributed by atoms with Crippen LogP contribution in [0.1, 0.15) is 21.7 Å². The van der Waals surface area contributed by atoms with Gasteiger partial charge in [-0.1, -0.05) is 13.8 Å². The van der Waals surface area contributed by atoms with Gasteiger partial charge < -0.3 is 10.2 Å². The highest BCUT2D eigenvalue weighted by atomic mass is 32.2. The molecule has 2 fully saturated rings. The van der Waals surface area contributed by atoms with E-state index in [2.05, 4.69) is 10.2 Å². The molecule has 0 aromatic rings. The third-order valence-electron chi connectivity index (χ3n) is 3.45. The van der Waals surface area contributed by atoms with E-state index in [-0.39, 0.29) is 1.43 Å². The van der Waals surface area contributed by atoms with Gasteiger partial charge in [-0.2, -0.15) is 0 Å². The topological polar surface area (TPSA) is 49.4 Å². The predicted octanol–water partition coefficient (Wildman–Crippen LogP) is 0.845. The van der Waals surface area contributed by atoms with Crippen molar-refractivity contribution in [1.82, 2.24) is 10.2 Å². The van der Waals surface area contributed by atoms with Gasteiger partial charge in [-0.05, 0) is 37.9 Å². The minimum absolute atomic E-state index is 0. The molecule has 0 radical (unpaired) electrons. The molecule has 0 aromatic carbocycles. The smallest absolute Gasteiger partial charge is 0.147 e. The van der Waals surface area contributed by atoms with Gasteiger partial charge in [0.25, 0.3) is 0 Å². The van der Waals surface area contributed by atoms with Crippen LogP contribution >= 0.6 is 0 Å². The maximum absolute atomic E-state index is 11.0. The monoisotopic (exact) mass is 264 g/mol. The Morgan fingerprint density at radius 2 is 1.76 bits per heavy atom. The Balaban J connectivity index is 0.000000917. The number of fused-ring (bicyclic) bond motifs is 1. The SMILES string of the molecule is CC.CS(=O)(=O)CCCN1CC2CNC[C@@H]2C1.[HH]. The number of nitrogens with zero attached hydrogens (tertiary/aromatic N) is 1. The fraction of sp³-hybridized carbons (Fsp3) is 1.00. The van der Waals surface area contributed by atoms with Crippen molar-refractivity contribution in [3.8, 4) is 0 Å². The number of nitrogens with one attached hydrogen (secondary N) is 1. The van der Waals surface area contributed by atoms with Crippen LogP contribution in [0.2, 0.25) is 0 Å². The Labute approximate surface area is 107 Å². The summed E-state index contributed by atoms with van der Waals surface area (Å²) in [5, 5.41) is 3.40. The van der Waals surface area contributed by atoms with E-state index in [0.717, 1.165) is 51.0 Å². The fourth-order valence-corrected chi connectivity index (χ4v) is 3.34. The minimum Gasteiger partial charge on any atom is -0.316 e. The molecule has 4 nitrogen and oxygen atoms in total. The lowest BCUT2D eigenvalue weighted by Gasteiger charge is -2.16. The fourth-order valence-electron chi connectivity index (χ4n) is 2.69. The van der Waals surface area contributed by atoms with Gasteiger partial charge in [0.1, 0.15) is 9.84 Å². The first-order valence-electron chi connectivity index (χ1n) is 6.65. The second-order valence-corrected chi connectivity index (χ2v) is 7.18. The first kappa shape index (κ1) is 14.9. The van der Waals surface area contributed by atoms with Crippen molar-refractivity contribution < 1.29 is 9.84 Å². The zero-order valence-corrected chi connectivity index (χ0v) is 12.1. The zero-order chi connectivity index (χ0) is 12.9. The highest BCUT2D eigenvalue weighted by molar-refractivity contribution is 7.90. The molecule has 2 aliphatic rings. The van der Waals surface area contributed by atoms with Crippen molar-refractivity contribution in [2.24, 2.45) is 11.8 Å². The molecule has 1 unspecified atom stereocenters. The molecule has 2 aliphatic heterocycles. The molecule has 2 atom stereocenters. The molecule has 0 aliphatic carbocycles. The van der Waals surface area contributed by atoms with Crippen molar-refractivity contribution in [3.05, 3.63) is 0 Å². The van der Waals surface area contributed by atoms with Crippen LogP contribution in [0.5, 0.6) is 0 Å². The Morgan fingerprint density at radius 1 is 1.24 bits per heavy atom. The summed E-state index contributed by atoms with van der Waals surface area (Å²) < 4.78 is 21.9. The Bertz CT molecular complexity index is 310. The molecule has 2 saturated heterocycles. The minimum atomic E-state index is -2.77. The van der Waals surface area contributed by atoms with Crippen molar-refractivity contribution >= 4 is 9.84 Å². The molecule has 0 amide bonds. The number of hydrogen-bond acceptors (Lipinski definition) is 4. The van der Waals surface area contributed by atoms with E-state index in [1.807, 2.05) is 13.8 Å². The van der Waals surface area contributed by atoms with Crippen LogP contribution in [0.15, 0.2) is 0 Å². The second-order valence-electron chi connectivity index (χ2n) is 4.92. The average Bonchev–Trinajstić information content (AvgIpc) is 2.79. The predicted molar refractivity (Wildman–Crippen MR) is 74.1 cm³/mol. The molecule has 0 saturated carbocycles. The van der Waals surface area contributed by atoms with E-state index in [9.17, 15) is 8.42 Å². The van der Waals surface area contributed by atoms with Crippen molar-refractivity contribution in [3.63, 3.8) is 0 Å². The molecule has 2 heterocycles. The van der Waals surface area contributed by atoms with E-state index >= 15 is 0 Å². The maximum atomic E-state index is 11.0. The normalized spacial score (nSPS) is 28.6. The van der Waals surface area contributed by atoms with Gasteiger partial charge in [0.2, 0.25) is 0 Å². The van der Waals surface area contributed by atoms with Crippen molar-refractivity contribution in [1.29, 1.82) is 0 Å². The summed E-state index contributed by atoms with van der Waals surface area (Å²) in [4.78, 5) is 2.42. The highest BCUT2D eigenvalue weighted by Gasteiger charge is 2.35. The van der Waals surface area contributed by atoms with Crippen LogP contribution in [-0.4, -0.2) is 58.1 Å². The molecular weight excluding hydrogens is 236 g/mol. The van der Waals surface area contributed by atoms with E-state index in [1.54, 1.807) is 0 Å². The Kier molecular flexibility index (Phi) is 5.89. The molecule has 104 valence electrons. The molecule has 1 N–H and O–H groups in total. The highest BCUT2D eigenvalue weighted by Crippen LogP contribution is 2.26. The van der Waals surface area contributed by atoms with Gasteiger partial charge in [-0.3, -0.25) is 0 Å². The third-order valence-corrected chi connectivity index (χ3v) is 4.48. The Morgan fingerprint density at radius 3 is 2.24 bits per heavy atom. The van der Waals surface area contributed by atoms with Crippen LogP contribution in [-0.2, 0) is 9.84 Å². The van der Waals surface area contributed by atoms with Crippen LogP contribution < -0.4 is 5.32 Å². The largest absolute Gasteiger partial charge is 0.316 e. The number of rotatable bonds is 4. The summed E-state index contributed by atoms with van der Waals surface area (Å²) in [5.41, 5.74) is 0. The summed E-state index contributed by atoms with van der Waals surface area (Å²) in [6.45, 7) is 9.55. The molecule has 0 spiro atoms. The number of likely N-dealkylation sites (tertiary alicyclic amines) is 1. The number of sulfone groups is 1. The third kappa shape index (κ3) is 4.94. The van der Waals surface area contributed by atoms with Crippen molar-refractivity contribution in [2.45, 2.75) is 20.3 Å². The van der Waals surface area contributed by atoms with E-state index in [1.165, 1.54) is 6.26 Å². The van der Waals surface area contributed by atoms with Crippen LogP contribution in [0, 0.1) is 11.8 Å². The van der Waals surface area contributed by atoms with Gasteiger partial charge in [-0.25, -0.2) is 8.42 Å². The second kappa shape index (κ2) is 6.71. The van der Waals surface area contributed by atoms with E-state index in [4.69, 9.17) is 0 Å². The van der Waals surface area contributed by atoms with Gasteiger partial charge in [0.05, 0.1) is 5.75 Å². The standard InChI is InChI=1S/C10H20N2O2S.C2H6.H2/c1-15(13,14)4-2-3-12-7-9-5-11-6-10(9)8-12;1-2;/h9-11H,2-8H2,1H3;1-2H3;1H/t9-,10?;;/m1../s1. The van der Waals surface area contributed by atoms with Gasteiger partial charge in [-0.15, -0.1) is 0 Å². The lowest BCUT2D eigenvalue weighted by Crippen LogP contribution is -2.27. The van der Waals surface area contributed by atoms with Gasteiger partial charge in [0, 0.05) is 20.8 Å². The maximum Gasteiger partial charge on any atom is 0.147 e. The quantitative estimate of drug-likeness (QED) is 0.818. The first-order chi connectivity index (χ1) is 8.04. The zero-order valence-electron chi connectivity index (χ0n) is 11.3. The summed E-state index contributed by atoms with van der Waals surface area (Å²) in [5.74, 6) is 1.95. The van der Waals surface area contributed by atoms with Crippen LogP contribution in [0.3, 0.4) is 0 Å². The lowest BCUT2D eigenvalue weighted by atomic mass is 10.0. The summed E-state index contributed by atoms with van der Waals surface area (Å²) in [6.07, 6.45) is 2.10.